The Morgan fingerprint density at radius 1 is 0.704 bits per heavy atom. The van der Waals surface area contributed by atoms with Gasteiger partial charge in [-0.1, -0.05) is 27.2 Å². The molecule has 0 spiro atoms. The zero-order valence-corrected chi connectivity index (χ0v) is 18.5. The van der Waals surface area contributed by atoms with Crippen LogP contribution in [-0.4, -0.2) is 56.9 Å². The van der Waals surface area contributed by atoms with Crippen molar-refractivity contribution in [1.82, 2.24) is 16.0 Å². The Hall–Kier alpha value is -0.240. The van der Waals surface area contributed by atoms with Crippen molar-refractivity contribution < 1.29 is 0 Å². The van der Waals surface area contributed by atoms with E-state index in [9.17, 15) is 0 Å². The van der Waals surface area contributed by atoms with Crippen LogP contribution in [0.3, 0.4) is 0 Å². The van der Waals surface area contributed by atoms with Gasteiger partial charge >= 0.3 is 0 Å². The average molecular weight is 387 g/mol. The maximum absolute atomic E-state index is 6.78. The molecule has 0 aliphatic heterocycles. The van der Waals surface area contributed by atoms with E-state index in [0.29, 0.717) is 6.54 Å². The largest absolute Gasteiger partial charge is 0.330 e. The third-order valence-electron chi connectivity index (χ3n) is 5.43. The molecule has 6 nitrogen and oxygen atoms in total. The molecular formula is C21H50N6. The van der Waals surface area contributed by atoms with Crippen molar-refractivity contribution in [2.24, 2.45) is 17.2 Å². The average Bonchev–Trinajstić information content (AvgIpc) is 2.68. The molecule has 0 amide bonds. The third kappa shape index (κ3) is 11.4. The summed E-state index contributed by atoms with van der Waals surface area (Å²) in [7, 11) is 0. The molecule has 0 fully saturated rings. The molecule has 9 N–H and O–H groups in total. The SMILES string of the molecule is CCCNCCCCC(N)C(CCCN)(NCCC)C(N)CCNCCC. The van der Waals surface area contributed by atoms with Crippen LogP contribution in [0.4, 0.5) is 0 Å². The monoisotopic (exact) mass is 386 g/mol. The smallest absolute Gasteiger partial charge is 0.0487 e. The molecule has 0 aliphatic rings. The predicted molar refractivity (Wildman–Crippen MR) is 120 cm³/mol. The fourth-order valence-electron chi connectivity index (χ4n) is 3.74. The van der Waals surface area contributed by atoms with Crippen LogP contribution in [0.25, 0.3) is 0 Å². The second kappa shape index (κ2) is 17.8. The maximum atomic E-state index is 6.78. The molecule has 6 heteroatoms. The number of hydrogen-bond acceptors (Lipinski definition) is 6. The molecule has 0 saturated carbocycles. The Balaban J connectivity index is 4.86. The van der Waals surface area contributed by atoms with E-state index < -0.39 is 0 Å². The van der Waals surface area contributed by atoms with Crippen molar-refractivity contribution in [2.75, 3.05) is 39.3 Å². The zero-order valence-electron chi connectivity index (χ0n) is 18.5. The summed E-state index contributed by atoms with van der Waals surface area (Å²) in [6.45, 7) is 12.4. The van der Waals surface area contributed by atoms with Crippen LogP contribution in [0.2, 0.25) is 0 Å². The van der Waals surface area contributed by atoms with Crippen molar-refractivity contribution in [3.05, 3.63) is 0 Å². The van der Waals surface area contributed by atoms with Gasteiger partial charge in [-0.05, 0) is 90.6 Å². The summed E-state index contributed by atoms with van der Waals surface area (Å²) in [6.07, 6.45) is 9.57. The standard InChI is InChI=1S/C21H50N6/c1-4-14-25-17-8-7-10-19(23)21(12-9-13-22,27-16-6-3)20(24)11-18-26-15-5-2/h19-20,25-27H,4-18,22-24H2,1-3H3. The molecule has 0 aromatic heterocycles. The van der Waals surface area contributed by atoms with Crippen LogP contribution in [0.5, 0.6) is 0 Å². The Morgan fingerprint density at radius 2 is 1.30 bits per heavy atom. The van der Waals surface area contributed by atoms with Gasteiger partial charge in [-0.2, -0.15) is 0 Å². The van der Waals surface area contributed by atoms with E-state index in [-0.39, 0.29) is 17.6 Å². The summed E-state index contributed by atoms with van der Waals surface area (Å²) in [5.74, 6) is 0. The molecule has 0 saturated heterocycles. The van der Waals surface area contributed by atoms with Crippen molar-refractivity contribution in [1.29, 1.82) is 0 Å². The summed E-state index contributed by atoms with van der Waals surface area (Å²) in [5.41, 5.74) is 19.2. The van der Waals surface area contributed by atoms with Crippen molar-refractivity contribution >= 4 is 0 Å². The fraction of sp³-hybridized carbons (Fsp3) is 1.00. The number of nitrogens with one attached hydrogen (secondary N) is 3. The van der Waals surface area contributed by atoms with Gasteiger partial charge < -0.3 is 33.2 Å². The molecule has 27 heavy (non-hydrogen) atoms. The quantitative estimate of drug-likeness (QED) is 0.177. The lowest BCUT2D eigenvalue weighted by molar-refractivity contribution is 0.181. The summed E-state index contributed by atoms with van der Waals surface area (Å²) in [6, 6.07) is 0.0936. The van der Waals surface area contributed by atoms with Gasteiger partial charge in [0.1, 0.15) is 0 Å². The topological polar surface area (TPSA) is 114 Å². The van der Waals surface area contributed by atoms with E-state index in [2.05, 4.69) is 36.7 Å². The molecule has 0 rings (SSSR count). The van der Waals surface area contributed by atoms with Gasteiger partial charge in [0.15, 0.2) is 0 Å². The van der Waals surface area contributed by atoms with Crippen molar-refractivity contribution in [2.45, 2.75) is 96.2 Å². The van der Waals surface area contributed by atoms with Gasteiger partial charge in [-0.25, -0.2) is 0 Å². The Bertz CT molecular complexity index is 305. The lowest BCUT2D eigenvalue weighted by atomic mass is 9.76. The molecule has 0 bridgehead atoms. The molecule has 0 heterocycles. The van der Waals surface area contributed by atoms with Gasteiger partial charge in [0.25, 0.3) is 0 Å². The number of nitrogens with two attached hydrogens (primary N) is 3. The first-order valence-electron chi connectivity index (χ1n) is 11.5. The highest BCUT2D eigenvalue weighted by Crippen LogP contribution is 2.25. The molecule has 0 radical (unpaired) electrons. The minimum Gasteiger partial charge on any atom is -0.330 e. The van der Waals surface area contributed by atoms with E-state index in [0.717, 1.165) is 77.7 Å². The third-order valence-corrected chi connectivity index (χ3v) is 5.43. The number of rotatable bonds is 20. The highest BCUT2D eigenvalue weighted by atomic mass is 15.1. The molecule has 0 aromatic carbocycles. The number of unbranched alkanes of at least 4 members (excludes halogenated alkanes) is 1. The summed E-state index contributed by atoms with van der Waals surface area (Å²) in [4.78, 5) is 0. The maximum Gasteiger partial charge on any atom is 0.0487 e. The van der Waals surface area contributed by atoms with Crippen LogP contribution >= 0.6 is 0 Å². The van der Waals surface area contributed by atoms with Gasteiger partial charge in [-0.15, -0.1) is 0 Å². The fourth-order valence-corrected chi connectivity index (χ4v) is 3.74. The summed E-state index contributed by atoms with van der Waals surface area (Å²) < 4.78 is 0. The minimum absolute atomic E-state index is 0.0353. The van der Waals surface area contributed by atoms with Gasteiger partial charge in [0, 0.05) is 17.6 Å². The van der Waals surface area contributed by atoms with Crippen LogP contribution in [-0.2, 0) is 0 Å². The van der Waals surface area contributed by atoms with Gasteiger partial charge in [0.05, 0.1) is 0 Å². The summed E-state index contributed by atoms with van der Waals surface area (Å²) in [5, 5.41) is 10.7. The first-order valence-corrected chi connectivity index (χ1v) is 11.5. The number of hydrogen-bond donors (Lipinski definition) is 6. The van der Waals surface area contributed by atoms with Crippen LogP contribution in [0.1, 0.15) is 78.6 Å². The van der Waals surface area contributed by atoms with Crippen LogP contribution in [0, 0.1) is 0 Å². The van der Waals surface area contributed by atoms with Crippen LogP contribution in [0.15, 0.2) is 0 Å². The molecule has 3 atom stereocenters. The first-order chi connectivity index (χ1) is 13.1. The van der Waals surface area contributed by atoms with Crippen LogP contribution < -0.4 is 33.2 Å². The van der Waals surface area contributed by atoms with E-state index in [1.165, 1.54) is 12.8 Å². The van der Waals surface area contributed by atoms with Gasteiger partial charge in [0.2, 0.25) is 0 Å². The van der Waals surface area contributed by atoms with E-state index in [1.54, 1.807) is 0 Å². The van der Waals surface area contributed by atoms with Crippen molar-refractivity contribution in [3.63, 3.8) is 0 Å². The van der Waals surface area contributed by atoms with E-state index in [1.807, 2.05) is 0 Å². The minimum atomic E-state index is -0.222. The highest BCUT2D eigenvalue weighted by Gasteiger charge is 2.40. The van der Waals surface area contributed by atoms with E-state index >= 15 is 0 Å². The molecule has 3 unspecified atom stereocenters. The first kappa shape index (κ1) is 26.8. The van der Waals surface area contributed by atoms with Gasteiger partial charge in [-0.3, -0.25) is 0 Å². The lowest BCUT2D eigenvalue weighted by Crippen LogP contribution is -2.68. The van der Waals surface area contributed by atoms with Crippen molar-refractivity contribution in [3.8, 4) is 0 Å². The zero-order chi connectivity index (χ0) is 20.4. The van der Waals surface area contributed by atoms with E-state index in [4.69, 9.17) is 17.2 Å². The molecule has 164 valence electrons. The summed E-state index contributed by atoms with van der Waals surface area (Å²) >= 11 is 0. The Morgan fingerprint density at radius 3 is 1.89 bits per heavy atom. The molecule has 0 aromatic rings. The second-order valence-corrected chi connectivity index (χ2v) is 7.86. The Kier molecular flexibility index (Phi) is 17.7. The normalized spacial score (nSPS) is 16.2. The Labute approximate surface area is 169 Å². The second-order valence-electron chi connectivity index (χ2n) is 7.86. The predicted octanol–water partition coefficient (Wildman–Crippen LogP) is 1.68. The molecule has 0 aliphatic carbocycles. The highest BCUT2D eigenvalue weighted by molar-refractivity contribution is 5.04. The lowest BCUT2D eigenvalue weighted by Gasteiger charge is -2.45. The molecular weight excluding hydrogens is 336 g/mol.